The molecule has 0 radical (unpaired) electrons. The third-order valence-corrected chi connectivity index (χ3v) is 4.70. The van der Waals surface area contributed by atoms with Crippen LogP contribution in [0.4, 0.5) is 5.82 Å². The van der Waals surface area contributed by atoms with Gasteiger partial charge in [0.25, 0.3) is 0 Å². The summed E-state index contributed by atoms with van der Waals surface area (Å²) in [5.41, 5.74) is 0. The van der Waals surface area contributed by atoms with Gasteiger partial charge in [0.05, 0.1) is 6.26 Å². The molecule has 3 rings (SSSR count). The minimum absolute atomic E-state index is 0.757. The molecule has 152 valence electrons. The molecule has 0 bridgehead atoms. The number of aliphatic imine (C=N–C) groups is 1. The van der Waals surface area contributed by atoms with Crippen LogP contribution < -0.4 is 10.2 Å². The Kier molecular flexibility index (Phi) is 8.18. The van der Waals surface area contributed by atoms with Gasteiger partial charge in [0, 0.05) is 65.1 Å². The molecular formula is C21H31N5O2. The van der Waals surface area contributed by atoms with Gasteiger partial charge in [-0.2, -0.15) is 0 Å². The maximum absolute atomic E-state index is 5.43. The van der Waals surface area contributed by atoms with Gasteiger partial charge in [-0.1, -0.05) is 6.07 Å². The average Bonchev–Trinajstić information content (AvgIpc) is 3.27. The van der Waals surface area contributed by atoms with Crippen molar-refractivity contribution in [2.24, 2.45) is 4.99 Å². The smallest absolute Gasteiger partial charge is 0.194 e. The first-order valence-corrected chi connectivity index (χ1v) is 10.2. The van der Waals surface area contributed by atoms with Crippen LogP contribution in [-0.4, -0.2) is 68.3 Å². The summed E-state index contributed by atoms with van der Waals surface area (Å²) < 4.78 is 10.9. The Balaban J connectivity index is 1.52. The predicted molar refractivity (Wildman–Crippen MR) is 112 cm³/mol. The molecule has 1 saturated heterocycles. The standard InChI is InChI=1S/C21H31N5O2/c1-2-27-17-6-11-23-21(24-12-9-19-7-5-18-28-19)26-15-13-25(14-16-26)20-8-3-4-10-22-20/h3-5,7-8,10,18H,2,6,9,11-17H2,1H3,(H,23,24). The number of pyridine rings is 1. The number of ether oxygens (including phenoxy) is 1. The number of nitrogens with one attached hydrogen (secondary N) is 1. The Hall–Kier alpha value is -2.54. The van der Waals surface area contributed by atoms with E-state index in [1.54, 1.807) is 6.26 Å². The van der Waals surface area contributed by atoms with E-state index in [1.807, 2.05) is 37.4 Å². The molecule has 2 aromatic rings. The van der Waals surface area contributed by atoms with Gasteiger partial charge in [-0.3, -0.25) is 4.99 Å². The molecule has 7 nitrogen and oxygen atoms in total. The molecule has 1 N–H and O–H groups in total. The van der Waals surface area contributed by atoms with Crippen LogP contribution in [-0.2, 0) is 11.2 Å². The molecule has 0 atom stereocenters. The molecule has 7 heteroatoms. The van der Waals surface area contributed by atoms with E-state index in [0.29, 0.717) is 0 Å². The predicted octanol–water partition coefficient (Wildman–Crippen LogP) is 2.41. The number of anilines is 1. The zero-order valence-electron chi connectivity index (χ0n) is 16.7. The summed E-state index contributed by atoms with van der Waals surface area (Å²) in [5, 5.41) is 3.51. The lowest BCUT2D eigenvalue weighted by Crippen LogP contribution is -2.53. The number of nitrogens with zero attached hydrogens (tertiary/aromatic N) is 4. The van der Waals surface area contributed by atoms with Crippen molar-refractivity contribution in [2.45, 2.75) is 19.8 Å². The van der Waals surface area contributed by atoms with Crippen molar-refractivity contribution in [3.63, 3.8) is 0 Å². The van der Waals surface area contributed by atoms with Crippen LogP contribution in [0.1, 0.15) is 19.1 Å². The SMILES string of the molecule is CCOCCCN=C(NCCc1ccco1)N1CCN(c2ccccn2)CC1. The van der Waals surface area contributed by atoms with Gasteiger partial charge < -0.3 is 24.3 Å². The topological polar surface area (TPSA) is 66.1 Å². The van der Waals surface area contributed by atoms with Gasteiger partial charge in [0.1, 0.15) is 11.6 Å². The number of piperazine rings is 1. The monoisotopic (exact) mass is 385 g/mol. The Morgan fingerprint density at radius 3 is 2.82 bits per heavy atom. The lowest BCUT2D eigenvalue weighted by atomic mass is 10.3. The van der Waals surface area contributed by atoms with Crippen molar-refractivity contribution >= 4 is 11.8 Å². The number of hydrogen-bond donors (Lipinski definition) is 1. The normalized spacial score (nSPS) is 15.1. The maximum atomic E-state index is 5.43. The Morgan fingerprint density at radius 1 is 1.21 bits per heavy atom. The maximum Gasteiger partial charge on any atom is 0.194 e. The molecule has 0 unspecified atom stereocenters. The van der Waals surface area contributed by atoms with Crippen LogP contribution in [0.3, 0.4) is 0 Å². The summed E-state index contributed by atoms with van der Waals surface area (Å²) in [4.78, 5) is 13.9. The molecular weight excluding hydrogens is 354 g/mol. The van der Waals surface area contributed by atoms with Crippen LogP contribution in [0.15, 0.2) is 52.2 Å². The van der Waals surface area contributed by atoms with Gasteiger partial charge in [-0.15, -0.1) is 0 Å². The minimum Gasteiger partial charge on any atom is -0.469 e. The number of guanidine groups is 1. The quantitative estimate of drug-likeness (QED) is 0.406. The van der Waals surface area contributed by atoms with E-state index in [1.165, 1.54) is 0 Å². The van der Waals surface area contributed by atoms with Crippen LogP contribution in [0.25, 0.3) is 0 Å². The van der Waals surface area contributed by atoms with Gasteiger partial charge in [-0.25, -0.2) is 4.98 Å². The number of hydrogen-bond acceptors (Lipinski definition) is 5. The summed E-state index contributed by atoms with van der Waals surface area (Å²) in [5.74, 6) is 3.01. The second-order valence-corrected chi connectivity index (χ2v) is 6.67. The third kappa shape index (κ3) is 6.27. The van der Waals surface area contributed by atoms with E-state index < -0.39 is 0 Å². The minimum atomic E-state index is 0.757. The van der Waals surface area contributed by atoms with Gasteiger partial charge in [-0.05, 0) is 37.6 Å². The lowest BCUT2D eigenvalue weighted by Gasteiger charge is -2.37. The first kappa shape index (κ1) is 20.2. The van der Waals surface area contributed by atoms with Crippen LogP contribution in [0.2, 0.25) is 0 Å². The van der Waals surface area contributed by atoms with Crippen LogP contribution in [0, 0.1) is 0 Å². The summed E-state index contributed by atoms with van der Waals surface area (Å²) in [6.45, 7) is 8.83. The highest BCUT2D eigenvalue weighted by atomic mass is 16.5. The van der Waals surface area contributed by atoms with E-state index in [-0.39, 0.29) is 0 Å². The first-order chi connectivity index (χ1) is 13.9. The first-order valence-electron chi connectivity index (χ1n) is 10.2. The van der Waals surface area contributed by atoms with Crippen molar-refractivity contribution in [3.05, 3.63) is 48.6 Å². The lowest BCUT2D eigenvalue weighted by molar-refractivity contribution is 0.146. The molecule has 1 aliphatic rings. The third-order valence-electron chi connectivity index (χ3n) is 4.70. The van der Waals surface area contributed by atoms with Crippen molar-refractivity contribution in [3.8, 4) is 0 Å². The molecule has 0 spiro atoms. The molecule has 28 heavy (non-hydrogen) atoms. The highest BCUT2D eigenvalue weighted by Crippen LogP contribution is 2.12. The highest BCUT2D eigenvalue weighted by molar-refractivity contribution is 5.80. The van der Waals surface area contributed by atoms with E-state index in [0.717, 1.165) is 82.9 Å². The highest BCUT2D eigenvalue weighted by Gasteiger charge is 2.20. The molecule has 0 saturated carbocycles. The molecule has 0 aromatic carbocycles. The average molecular weight is 386 g/mol. The fourth-order valence-corrected chi connectivity index (χ4v) is 3.20. The summed E-state index contributed by atoms with van der Waals surface area (Å²) >= 11 is 0. The Labute approximate surface area is 167 Å². The Morgan fingerprint density at radius 2 is 2.11 bits per heavy atom. The van der Waals surface area contributed by atoms with E-state index in [4.69, 9.17) is 14.1 Å². The molecule has 0 amide bonds. The van der Waals surface area contributed by atoms with Crippen molar-refractivity contribution in [1.82, 2.24) is 15.2 Å². The molecule has 0 aliphatic carbocycles. The second kappa shape index (κ2) is 11.3. The molecule has 2 aromatic heterocycles. The number of aromatic nitrogens is 1. The van der Waals surface area contributed by atoms with E-state index in [9.17, 15) is 0 Å². The van der Waals surface area contributed by atoms with Gasteiger partial charge in [0.2, 0.25) is 0 Å². The van der Waals surface area contributed by atoms with E-state index in [2.05, 4.69) is 26.2 Å². The van der Waals surface area contributed by atoms with Gasteiger partial charge >= 0.3 is 0 Å². The van der Waals surface area contributed by atoms with Crippen LogP contribution in [0.5, 0.6) is 0 Å². The van der Waals surface area contributed by atoms with Crippen molar-refractivity contribution in [2.75, 3.05) is 57.4 Å². The van der Waals surface area contributed by atoms with Gasteiger partial charge in [0.15, 0.2) is 5.96 Å². The summed E-state index contributed by atoms with van der Waals surface area (Å²) in [6, 6.07) is 9.99. The fourth-order valence-electron chi connectivity index (χ4n) is 3.20. The number of rotatable bonds is 9. The molecule has 1 fully saturated rings. The van der Waals surface area contributed by atoms with Crippen molar-refractivity contribution < 1.29 is 9.15 Å². The van der Waals surface area contributed by atoms with Crippen LogP contribution >= 0.6 is 0 Å². The summed E-state index contributed by atoms with van der Waals surface area (Å²) in [7, 11) is 0. The second-order valence-electron chi connectivity index (χ2n) is 6.67. The Bertz CT molecular complexity index is 682. The fraction of sp³-hybridized carbons (Fsp3) is 0.524. The zero-order valence-corrected chi connectivity index (χ0v) is 16.7. The van der Waals surface area contributed by atoms with E-state index >= 15 is 0 Å². The molecule has 1 aliphatic heterocycles. The zero-order chi connectivity index (χ0) is 19.4. The largest absolute Gasteiger partial charge is 0.469 e. The number of furan rings is 1. The van der Waals surface area contributed by atoms with Crippen molar-refractivity contribution in [1.29, 1.82) is 0 Å². The summed E-state index contributed by atoms with van der Waals surface area (Å²) in [6.07, 6.45) is 5.35. The molecule has 3 heterocycles.